The number of benzene rings is 1. The molecule has 126 valence electrons. The molecule has 0 saturated carbocycles. The van der Waals surface area contributed by atoms with Gasteiger partial charge in [0.25, 0.3) is 11.6 Å². The van der Waals surface area contributed by atoms with Gasteiger partial charge in [-0.25, -0.2) is 0 Å². The molecule has 1 amide bonds. The summed E-state index contributed by atoms with van der Waals surface area (Å²) in [5.74, 6) is 0.281. The third-order valence-electron chi connectivity index (χ3n) is 3.92. The Labute approximate surface area is 134 Å². The van der Waals surface area contributed by atoms with E-state index in [2.05, 4.69) is 5.32 Å². The topological polar surface area (TPSA) is 117 Å². The maximum atomic E-state index is 11.3. The van der Waals surface area contributed by atoms with Gasteiger partial charge in [-0.15, -0.1) is 0 Å². The van der Waals surface area contributed by atoms with Gasteiger partial charge in [-0.1, -0.05) is 0 Å². The van der Waals surface area contributed by atoms with Gasteiger partial charge in [0, 0.05) is 6.07 Å². The zero-order valence-corrected chi connectivity index (χ0v) is 13.0. The van der Waals surface area contributed by atoms with Gasteiger partial charge >= 0.3 is 0 Å². The summed E-state index contributed by atoms with van der Waals surface area (Å²) >= 11 is 0. The summed E-state index contributed by atoms with van der Waals surface area (Å²) in [7, 11) is 1.41. The second-order valence-electron chi connectivity index (χ2n) is 5.49. The zero-order valence-electron chi connectivity index (χ0n) is 13.0. The predicted molar refractivity (Wildman–Crippen MR) is 83.9 cm³/mol. The lowest BCUT2D eigenvalue weighted by Crippen LogP contribution is -2.14. The van der Waals surface area contributed by atoms with E-state index in [4.69, 9.17) is 15.2 Å². The van der Waals surface area contributed by atoms with Gasteiger partial charge in [-0.05, 0) is 38.3 Å². The van der Waals surface area contributed by atoms with E-state index in [1.807, 2.05) is 0 Å². The monoisotopic (exact) mass is 323 g/mol. The third kappa shape index (κ3) is 4.32. The van der Waals surface area contributed by atoms with Crippen LogP contribution in [0.15, 0.2) is 12.1 Å². The summed E-state index contributed by atoms with van der Waals surface area (Å²) in [6, 6.07) is 2.44. The molecule has 0 bridgehead atoms. The molecule has 0 aliphatic carbocycles. The van der Waals surface area contributed by atoms with Crippen molar-refractivity contribution in [1.82, 2.24) is 5.32 Å². The van der Waals surface area contributed by atoms with Crippen LogP contribution in [0.3, 0.4) is 0 Å². The number of primary amides is 1. The number of nitro benzene ring substituents is 1. The number of hydrogen-bond donors (Lipinski definition) is 2. The molecule has 3 N–H and O–H groups in total. The molecule has 23 heavy (non-hydrogen) atoms. The Morgan fingerprint density at radius 2 is 2.26 bits per heavy atom. The Balaban J connectivity index is 2.05. The first-order valence-electron chi connectivity index (χ1n) is 7.52. The molecule has 1 saturated heterocycles. The highest BCUT2D eigenvalue weighted by atomic mass is 16.6. The normalized spacial score (nSPS) is 17.0. The van der Waals surface area contributed by atoms with Gasteiger partial charge in [-0.3, -0.25) is 14.9 Å². The summed E-state index contributed by atoms with van der Waals surface area (Å²) in [4.78, 5) is 21.7. The fraction of sp³-hybridized carbons (Fsp3) is 0.533. The molecule has 0 aromatic heterocycles. The Kier molecular flexibility index (Phi) is 5.75. The number of amides is 1. The van der Waals surface area contributed by atoms with Crippen LogP contribution in [0, 0.1) is 16.0 Å². The van der Waals surface area contributed by atoms with Crippen LogP contribution in [0.1, 0.15) is 29.6 Å². The highest BCUT2D eigenvalue weighted by molar-refractivity contribution is 5.97. The van der Waals surface area contributed by atoms with E-state index in [1.165, 1.54) is 25.7 Å². The average Bonchev–Trinajstić information content (AvgIpc) is 3.03. The molecule has 0 spiro atoms. The van der Waals surface area contributed by atoms with E-state index in [0.29, 0.717) is 12.5 Å². The molecule has 8 nitrogen and oxygen atoms in total. The maximum Gasteiger partial charge on any atom is 0.286 e. The Hall–Kier alpha value is -2.35. The van der Waals surface area contributed by atoms with Crippen molar-refractivity contribution in [3.63, 3.8) is 0 Å². The number of ether oxygens (including phenoxy) is 2. The minimum atomic E-state index is -0.879. The number of nitro groups is 1. The number of nitrogens with one attached hydrogen (secondary N) is 1. The lowest BCUT2D eigenvalue weighted by molar-refractivity contribution is -0.385. The van der Waals surface area contributed by atoms with E-state index >= 15 is 0 Å². The van der Waals surface area contributed by atoms with E-state index in [9.17, 15) is 14.9 Å². The van der Waals surface area contributed by atoms with Crippen molar-refractivity contribution in [3.05, 3.63) is 27.8 Å². The molecule has 1 heterocycles. The summed E-state index contributed by atoms with van der Waals surface area (Å²) < 4.78 is 10.7. The van der Waals surface area contributed by atoms with E-state index in [0.717, 1.165) is 25.9 Å². The minimum Gasteiger partial charge on any atom is -0.493 e. The van der Waals surface area contributed by atoms with E-state index in [1.54, 1.807) is 0 Å². The third-order valence-corrected chi connectivity index (χ3v) is 3.92. The molecule has 0 radical (unpaired) electrons. The highest BCUT2D eigenvalue weighted by Crippen LogP contribution is 2.34. The van der Waals surface area contributed by atoms with Crippen LogP contribution in [-0.2, 0) is 0 Å². The summed E-state index contributed by atoms with van der Waals surface area (Å²) in [6.45, 7) is 2.52. The number of nitrogens with zero attached hydrogens (tertiary/aromatic N) is 1. The van der Waals surface area contributed by atoms with Gasteiger partial charge in [-0.2, -0.15) is 0 Å². The second-order valence-corrected chi connectivity index (χ2v) is 5.49. The Morgan fingerprint density at radius 1 is 1.48 bits per heavy atom. The lowest BCUT2D eigenvalue weighted by atomic mass is 10.0. The number of hydrogen-bond acceptors (Lipinski definition) is 6. The standard InChI is InChI=1S/C15H21N3O5/c1-22-13-7-11(15(16)19)12(18(20)21)8-14(13)23-6-2-3-10-4-5-17-9-10/h7-8,10,17H,2-6,9H2,1H3,(H2,16,19). The molecule has 1 unspecified atom stereocenters. The van der Waals surface area contributed by atoms with Crippen molar-refractivity contribution in [2.24, 2.45) is 11.7 Å². The number of carbonyl (C=O) groups is 1. The molecule has 1 aromatic carbocycles. The molecule has 1 fully saturated rings. The van der Waals surface area contributed by atoms with Crippen LogP contribution in [-0.4, -0.2) is 37.6 Å². The smallest absolute Gasteiger partial charge is 0.286 e. The van der Waals surface area contributed by atoms with Gasteiger partial charge in [0.05, 0.1) is 24.7 Å². The molecular formula is C15H21N3O5. The maximum absolute atomic E-state index is 11.3. The summed E-state index contributed by atoms with van der Waals surface area (Å²) in [5, 5.41) is 14.4. The van der Waals surface area contributed by atoms with Gasteiger partial charge in [0.15, 0.2) is 11.5 Å². The fourth-order valence-electron chi connectivity index (χ4n) is 2.68. The van der Waals surface area contributed by atoms with Crippen molar-refractivity contribution in [2.75, 3.05) is 26.8 Å². The van der Waals surface area contributed by atoms with Crippen LogP contribution < -0.4 is 20.5 Å². The second kappa shape index (κ2) is 7.77. The zero-order chi connectivity index (χ0) is 16.8. The van der Waals surface area contributed by atoms with Crippen molar-refractivity contribution >= 4 is 11.6 Å². The fourth-order valence-corrected chi connectivity index (χ4v) is 2.68. The molecule has 1 atom stereocenters. The molecule has 8 heteroatoms. The van der Waals surface area contributed by atoms with Crippen molar-refractivity contribution in [3.8, 4) is 11.5 Å². The predicted octanol–water partition coefficient (Wildman–Crippen LogP) is 1.47. The molecular weight excluding hydrogens is 302 g/mol. The summed E-state index contributed by atoms with van der Waals surface area (Å²) in [5.41, 5.74) is 4.59. The first-order chi connectivity index (χ1) is 11.0. The Morgan fingerprint density at radius 3 is 2.83 bits per heavy atom. The quantitative estimate of drug-likeness (QED) is 0.425. The van der Waals surface area contributed by atoms with Crippen LogP contribution in [0.5, 0.6) is 11.5 Å². The number of carbonyl (C=O) groups excluding carboxylic acids is 1. The lowest BCUT2D eigenvalue weighted by Gasteiger charge is -2.13. The molecule has 2 rings (SSSR count). The molecule has 1 aliphatic heterocycles. The van der Waals surface area contributed by atoms with Crippen molar-refractivity contribution in [1.29, 1.82) is 0 Å². The Bertz CT molecular complexity index is 585. The van der Waals surface area contributed by atoms with Crippen LogP contribution in [0.4, 0.5) is 5.69 Å². The highest BCUT2D eigenvalue weighted by Gasteiger charge is 2.23. The number of rotatable bonds is 8. The first kappa shape index (κ1) is 17.0. The van der Waals surface area contributed by atoms with E-state index in [-0.39, 0.29) is 22.7 Å². The van der Waals surface area contributed by atoms with Crippen LogP contribution in [0.25, 0.3) is 0 Å². The molecule has 1 aliphatic rings. The van der Waals surface area contributed by atoms with Gasteiger partial charge < -0.3 is 20.5 Å². The first-order valence-corrected chi connectivity index (χ1v) is 7.52. The van der Waals surface area contributed by atoms with Gasteiger partial charge in [0.2, 0.25) is 0 Å². The summed E-state index contributed by atoms with van der Waals surface area (Å²) in [6.07, 6.45) is 3.06. The van der Waals surface area contributed by atoms with Crippen molar-refractivity contribution < 1.29 is 19.2 Å². The van der Waals surface area contributed by atoms with Gasteiger partial charge in [0.1, 0.15) is 5.56 Å². The van der Waals surface area contributed by atoms with Crippen LogP contribution in [0.2, 0.25) is 0 Å². The minimum absolute atomic E-state index is 0.198. The van der Waals surface area contributed by atoms with Crippen LogP contribution >= 0.6 is 0 Å². The average molecular weight is 323 g/mol. The SMILES string of the molecule is COc1cc(C(N)=O)c([N+](=O)[O-])cc1OCCCC1CCNC1. The van der Waals surface area contributed by atoms with E-state index < -0.39 is 10.8 Å². The molecule has 1 aromatic rings. The number of nitrogens with two attached hydrogens (primary N) is 1. The number of methoxy groups -OCH3 is 1. The largest absolute Gasteiger partial charge is 0.493 e. The van der Waals surface area contributed by atoms with Crippen molar-refractivity contribution in [2.45, 2.75) is 19.3 Å².